The van der Waals surface area contributed by atoms with Crippen molar-refractivity contribution >= 4 is 18.3 Å². The fraction of sp³-hybridized carbons (Fsp3) is 0.250. The molecule has 5 nitrogen and oxygen atoms in total. The van der Waals surface area contributed by atoms with Gasteiger partial charge in [-0.15, -0.1) is 0 Å². The van der Waals surface area contributed by atoms with Crippen LogP contribution in [0.25, 0.3) is 0 Å². The van der Waals surface area contributed by atoms with Crippen LogP contribution in [0.2, 0.25) is 0 Å². The van der Waals surface area contributed by atoms with Gasteiger partial charge in [0.05, 0.1) is 0 Å². The largest absolute Gasteiger partial charge is 0.488 e. The van der Waals surface area contributed by atoms with E-state index in [1.807, 2.05) is 0 Å². The molecule has 0 saturated carbocycles. The molecule has 0 aromatic heterocycles. The maximum atomic E-state index is 8.84. The predicted molar refractivity (Wildman–Crippen MR) is 50.7 cm³/mol. The first-order chi connectivity index (χ1) is 6.75. The Hall–Kier alpha value is -1.08. The summed E-state index contributed by atoms with van der Waals surface area (Å²) in [5, 5.41) is 20.6. The topological polar surface area (TPSA) is 71.0 Å². The summed E-state index contributed by atoms with van der Waals surface area (Å²) < 4.78 is 9.96. The summed E-state index contributed by atoms with van der Waals surface area (Å²) in [5.74, 6) is 0. The van der Waals surface area contributed by atoms with Crippen molar-refractivity contribution in [1.29, 1.82) is 0 Å². The highest BCUT2D eigenvalue weighted by atomic mass is 16.9. The van der Waals surface area contributed by atoms with Gasteiger partial charge in [-0.25, -0.2) is 0 Å². The van der Waals surface area contributed by atoms with Crippen LogP contribution in [0.5, 0.6) is 0 Å². The van der Waals surface area contributed by atoms with Crippen LogP contribution in [-0.4, -0.2) is 30.4 Å². The van der Waals surface area contributed by atoms with Gasteiger partial charge < -0.3 is 24.8 Å². The normalized spacial score (nSPS) is 16.1. The Bertz CT molecular complexity index is 299. The molecule has 3 N–H and O–H groups in total. The van der Waals surface area contributed by atoms with Crippen LogP contribution >= 0.6 is 0 Å². The summed E-state index contributed by atoms with van der Waals surface area (Å²) in [6.45, 7) is 0.311. The third-order valence-electron chi connectivity index (χ3n) is 1.93. The van der Waals surface area contributed by atoms with Gasteiger partial charge in [-0.3, -0.25) is 0 Å². The molecule has 0 aliphatic carbocycles. The molecule has 0 unspecified atom stereocenters. The first kappa shape index (κ1) is 9.48. The van der Waals surface area contributed by atoms with E-state index in [1.54, 1.807) is 24.3 Å². The Kier molecular flexibility index (Phi) is 2.69. The Morgan fingerprint density at radius 1 is 1.21 bits per heavy atom. The smallest absolute Gasteiger partial charge is 0.423 e. The molecule has 14 heavy (non-hydrogen) atoms. The van der Waals surface area contributed by atoms with Crippen LogP contribution in [-0.2, 0) is 9.47 Å². The molecular weight excluding hydrogens is 185 g/mol. The van der Waals surface area contributed by atoms with Gasteiger partial charge in [0, 0.05) is 5.69 Å². The second-order valence-electron chi connectivity index (χ2n) is 2.92. The minimum absolute atomic E-state index is 0.311. The number of rotatable bonds is 3. The predicted octanol–water partition coefficient (Wildman–Crippen LogP) is -0.934. The van der Waals surface area contributed by atoms with Crippen LogP contribution in [0.15, 0.2) is 24.3 Å². The average Bonchev–Trinajstić information content (AvgIpc) is 2.12. The summed E-state index contributed by atoms with van der Waals surface area (Å²) in [4.78, 5) is 0. The van der Waals surface area contributed by atoms with E-state index < -0.39 is 7.12 Å². The van der Waals surface area contributed by atoms with E-state index in [0.29, 0.717) is 12.3 Å². The fourth-order valence-electron chi connectivity index (χ4n) is 1.11. The Morgan fingerprint density at radius 2 is 1.86 bits per heavy atom. The van der Waals surface area contributed by atoms with Crippen LogP contribution in [0.3, 0.4) is 0 Å². The number of nitrogens with one attached hydrogen (secondary N) is 1. The minimum atomic E-state index is -1.43. The highest BCUT2D eigenvalue weighted by Crippen LogP contribution is 2.12. The van der Waals surface area contributed by atoms with Gasteiger partial charge in [-0.2, -0.15) is 0 Å². The van der Waals surface area contributed by atoms with Gasteiger partial charge >= 0.3 is 7.12 Å². The first-order valence-corrected chi connectivity index (χ1v) is 4.21. The van der Waals surface area contributed by atoms with Gasteiger partial charge in [-0.1, -0.05) is 12.1 Å². The second kappa shape index (κ2) is 3.97. The van der Waals surface area contributed by atoms with Crippen LogP contribution < -0.4 is 10.8 Å². The van der Waals surface area contributed by atoms with Crippen molar-refractivity contribution in [1.82, 2.24) is 0 Å². The lowest BCUT2D eigenvalue weighted by molar-refractivity contribution is -0.305. The lowest BCUT2D eigenvalue weighted by Gasteiger charge is -2.27. The number of ether oxygens (including phenoxy) is 2. The van der Waals surface area contributed by atoms with Crippen molar-refractivity contribution in [3.63, 3.8) is 0 Å². The number of hydrogen-bond acceptors (Lipinski definition) is 5. The first-order valence-electron chi connectivity index (χ1n) is 4.21. The average molecular weight is 195 g/mol. The Balaban J connectivity index is 1.98. The molecule has 0 bridgehead atoms. The van der Waals surface area contributed by atoms with Gasteiger partial charge in [0.15, 0.2) is 6.79 Å². The Morgan fingerprint density at radius 3 is 2.29 bits per heavy atom. The zero-order valence-electron chi connectivity index (χ0n) is 7.38. The lowest BCUT2D eigenvalue weighted by Crippen LogP contribution is -2.37. The molecule has 0 atom stereocenters. The van der Waals surface area contributed by atoms with E-state index >= 15 is 0 Å². The van der Waals surface area contributed by atoms with Gasteiger partial charge in [0.2, 0.25) is 6.41 Å². The van der Waals surface area contributed by atoms with E-state index in [1.165, 1.54) is 0 Å². The summed E-state index contributed by atoms with van der Waals surface area (Å²) in [5.41, 5.74) is 1.25. The van der Waals surface area contributed by atoms with E-state index in [9.17, 15) is 0 Å². The maximum absolute atomic E-state index is 8.84. The molecule has 74 valence electrons. The van der Waals surface area contributed by atoms with Crippen molar-refractivity contribution in [2.75, 3.05) is 12.1 Å². The maximum Gasteiger partial charge on any atom is 0.488 e. The third kappa shape index (κ3) is 2.05. The monoisotopic (exact) mass is 195 g/mol. The zero-order chi connectivity index (χ0) is 9.97. The highest BCUT2D eigenvalue weighted by Gasteiger charge is 2.18. The number of anilines is 1. The highest BCUT2D eigenvalue weighted by molar-refractivity contribution is 6.58. The standard InChI is InChI=1S/C8H10BNO4/c11-9(12)6-1-3-7(4-2-6)10-8-13-5-14-8/h1-4,8,10-12H,5H2. The van der Waals surface area contributed by atoms with E-state index in [-0.39, 0.29) is 6.41 Å². The van der Waals surface area contributed by atoms with Crippen LogP contribution in [0, 0.1) is 0 Å². The molecular formula is C8H10BNO4. The van der Waals surface area contributed by atoms with Crippen LogP contribution in [0.4, 0.5) is 5.69 Å². The quantitative estimate of drug-likeness (QED) is 0.543. The third-order valence-corrected chi connectivity index (χ3v) is 1.93. The van der Waals surface area contributed by atoms with Gasteiger partial charge in [-0.05, 0) is 17.6 Å². The molecule has 1 aromatic carbocycles. The number of benzene rings is 1. The van der Waals surface area contributed by atoms with Crippen molar-refractivity contribution in [3.8, 4) is 0 Å². The molecule has 1 saturated heterocycles. The van der Waals surface area contributed by atoms with Crippen molar-refractivity contribution < 1.29 is 19.5 Å². The molecule has 0 radical (unpaired) electrons. The van der Waals surface area contributed by atoms with Gasteiger partial charge in [0.25, 0.3) is 0 Å². The van der Waals surface area contributed by atoms with Gasteiger partial charge in [0.1, 0.15) is 0 Å². The summed E-state index contributed by atoms with van der Waals surface area (Å²) in [6.07, 6.45) is -0.389. The second-order valence-corrected chi connectivity index (χ2v) is 2.92. The molecule has 1 aromatic rings. The molecule has 0 spiro atoms. The molecule has 1 aliphatic heterocycles. The Labute approximate surface area is 81.4 Å². The summed E-state index contributed by atoms with van der Waals surface area (Å²) in [7, 11) is -1.43. The van der Waals surface area contributed by atoms with Crippen LogP contribution in [0.1, 0.15) is 0 Å². The van der Waals surface area contributed by atoms with Crippen molar-refractivity contribution in [3.05, 3.63) is 24.3 Å². The molecule has 2 rings (SSSR count). The number of hydrogen-bond donors (Lipinski definition) is 3. The fourth-order valence-corrected chi connectivity index (χ4v) is 1.11. The summed E-state index contributed by atoms with van der Waals surface area (Å²) in [6, 6.07) is 6.68. The molecule has 1 fully saturated rings. The molecule has 1 heterocycles. The molecule has 0 amide bonds. The molecule has 1 aliphatic rings. The van der Waals surface area contributed by atoms with E-state index in [4.69, 9.17) is 19.5 Å². The van der Waals surface area contributed by atoms with E-state index in [2.05, 4.69) is 5.32 Å². The van der Waals surface area contributed by atoms with Crippen molar-refractivity contribution in [2.45, 2.75) is 6.41 Å². The lowest BCUT2D eigenvalue weighted by atomic mass is 9.80. The zero-order valence-corrected chi connectivity index (χ0v) is 7.38. The molecule has 6 heteroatoms. The van der Waals surface area contributed by atoms with Crippen molar-refractivity contribution in [2.24, 2.45) is 0 Å². The van der Waals surface area contributed by atoms with E-state index in [0.717, 1.165) is 5.69 Å². The minimum Gasteiger partial charge on any atom is -0.423 e. The summed E-state index contributed by atoms with van der Waals surface area (Å²) >= 11 is 0. The SMILES string of the molecule is OB(O)c1ccc(NC2OCO2)cc1.